The predicted octanol–water partition coefficient (Wildman–Crippen LogP) is 4.73. The molecule has 0 saturated carbocycles. The second kappa shape index (κ2) is 32.5. The van der Waals surface area contributed by atoms with Crippen LogP contribution in [0.1, 0.15) is 155 Å². The molecule has 2 rings (SSSR count). The van der Waals surface area contributed by atoms with Crippen LogP contribution in [0.4, 0.5) is 0 Å². The van der Waals surface area contributed by atoms with Crippen LogP contribution in [-0.2, 0) is 33.2 Å². The normalized spacial score (nSPS) is 28.6. The molecule has 2 fully saturated rings. The Morgan fingerprint density at radius 1 is 0.561 bits per heavy atom. The van der Waals surface area contributed by atoms with Gasteiger partial charge in [-0.05, 0) is 38.5 Å². The van der Waals surface area contributed by atoms with Crippen molar-refractivity contribution in [3.05, 3.63) is 12.2 Å². The molecule has 0 aromatic carbocycles. The summed E-state index contributed by atoms with van der Waals surface area (Å²) in [6.07, 6.45) is 13.0. The van der Waals surface area contributed by atoms with E-state index in [1.165, 1.54) is 83.5 Å². The number of carbonyl (C=O) groups excluding carboxylic acids is 1. The van der Waals surface area contributed by atoms with Gasteiger partial charge in [0.2, 0.25) is 0 Å². The van der Waals surface area contributed by atoms with E-state index in [9.17, 15) is 40.5 Å². The molecule has 11 unspecified atom stereocenters. The second-order valence-electron chi connectivity index (χ2n) is 15.9. The summed E-state index contributed by atoms with van der Waals surface area (Å²) < 4.78 is 34.0. The van der Waals surface area contributed by atoms with E-state index in [1.807, 2.05) is 0 Å². The van der Waals surface area contributed by atoms with E-state index >= 15 is 0 Å². The van der Waals surface area contributed by atoms with E-state index in [4.69, 9.17) is 28.4 Å². The third-order valence-electron chi connectivity index (χ3n) is 10.8. The smallest absolute Gasteiger partial charge is 0.306 e. The number of aliphatic hydroxyl groups excluding tert-OH is 7. The molecule has 0 spiro atoms. The van der Waals surface area contributed by atoms with Gasteiger partial charge in [-0.25, -0.2) is 0 Å². The third-order valence-corrected chi connectivity index (χ3v) is 10.8. The molecule has 2 saturated heterocycles. The van der Waals surface area contributed by atoms with Crippen molar-refractivity contribution in [2.24, 2.45) is 0 Å². The Labute approximate surface area is 342 Å². The molecule has 11 atom stereocenters. The van der Waals surface area contributed by atoms with Gasteiger partial charge < -0.3 is 64.2 Å². The molecule has 0 aromatic rings. The molecule has 14 heteroatoms. The van der Waals surface area contributed by atoms with E-state index in [1.54, 1.807) is 0 Å². The Hall–Kier alpha value is -1.27. The highest BCUT2D eigenvalue weighted by atomic mass is 16.7. The number of carbonyl (C=O) groups is 1. The number of ether oxygens (including phenoxy) is 6. The Morgan fingerprint density at radius 3 is 1.60 bits per heavy atom. The van der Waals surface area contributed by atoms with Gasteiger partial charge in [0.25, 0.3) is 0 Å². The molecule has 0 aliphatic carbocycles. The SMILES string of the molecule is CCCCCCC/C=C\CCCCCCCCOCC(COC1OC(COC2OC(CO)C(O)C(O)C2O)C(O)C(O)C1O)OC(=O)CCCCCCCCCC. The number of hydrogen-bond acceptors (Lipinski definition) is 14. The number of esters is 1. The maximum absolute atomic E-state index is 12.8. The maximum atomic E-state index is 12.8. The van der Waals surface area contributed by atoms with Crippen LogP contribution in [0, 0.1) is 0 Å². The lowest BCUT2D eigenvalue weighted by Gasteiger charge is -2.42. The van der Waals surface area contributed by atoms with Crippen LogP contribution < -0.4 is 0 Å². The monoisotopic (exact) mass is 821 g/mol. The highest BCUT2D eigenvalue weighted by molar-refractivity contribution is 5.69. The zero-order valence-electron chi connectivity index (χ0n) is 35.1. The number of hydrogen-bond donors (Lipinski definition) is 7. The Kier molecular flexibility index (Phi) is 29.6. The fourth-order valence-corrected chi connectivity index (χ4v) is 7.04. The average Bonchev–Trinajstić information content (AvgIpc) is 3.20. The van der Waals surface area contributed by atoms with Crippen LogP contribution >= 0.6 is 0 Å². The van der Waals surface area contributed by atoms with Crippen LogP contribution in [0.25, 0.3) is 0 Å². The zero-order chi connectivity index (χ0) is 41.7. The van der Waals surface area contributed by atoms with E-state index < -0.39 is 80.7 Å². The minimum atomic E-state index is -1.70. The van der Waals surface area contributed by atoms with E-state index in [-0.39, 0.29) is 25.6 Å². The summed E-state index contributed by atoms with van der Waals surface area (Å²) in [5.41, 5.74) is 0. The molecule has 0 aromatic heterocycles. The Bertz CT molecular complexity index is 1000. The van der Waals surface area contributed by atoms with Gasteiger partial charge in [0.15, 0.2) is 12.6 Å². The van der Waals surface area contributed by atoms with E-state index in [0.717, 1.165) is 44.9 Å². The van der Waals surface area contributed by atoms with Crippen LogP contribution in [0.2, 0.25) is 0 Å². The first kappa shape index (κ1) is 51.9. The molecular weight excluding hydrogens is 740 g/mol. The zero-order valence-corrected chi connectivity index (χ0v) is 35.1. The number of unbranched alkanes of at least 4 members (excludes halogenated alkanes) is 18. The summed E-state index contributed by atoms with van der Waals surface area (Å²) in [6.45, 7) is 3.62. The van der Waals surface area contributed by atoms with Gasteiger partial charge >= 0.3 is 5.97 Å². The van der Waals surface area contributed by atoms with E-state index in [0.29, 0.717) is 13.0 Å². The van der Waals surface area contributed by atoms with Gasteiger partial charge in [-0.2, -0.15) is 0 Å². The third kappa shape index (κ3) is 21.7. The van der Waals surface area contributed by atoms with Crippen molar-refractivity contribution >= 4 is 5.97 Å². The van der Waals surface area contributed by atoms with Crippen LogP contribution in [0.5, 0.6) is 0 Å². The van der Waals surface area contributed by atoms with E-state index in [2.05, 4.69) is 26.0 Å². The first-order valence-corrected chi connectivity index (χ1v) is 22.3. The maximum Gasteiger partial charge on any atom is 0.306 e. The van der Waals surface area contributed by atoms with Crippen molar-refractivity contribution in [1.29, 1.82) is 0 Å². The summed E-state index contributed by atoms with van der Waals surface area (Å²) in [4.78, 5) is 12.8. The average molecular weight is 821 g/mol. The van der Waals surface area contributed by atoms with Crippen molar-refractivity contribution in [3.63, 3.8) is 0 Å². The van der Waals surface area contributed by atoms with Gasteiger partial charge in [0, 0.05) is 13.0 Å². The van der Waals surface area contributed by atoms with Crippen molar-refractivity contribution in [2.45, 2.75) is 223 Å². The molecule has 2 aliphatic heterocycles. The molecule has 0 radical (unpaired) electrons. The van der Waals surface area contributed by atoms with Crippen molar-refractivity contribution in [2.75, 3.05) is 33.0 Å². The highest BCUT2D eigenvalue weighted by Crippen LogP contribution is 2.26. The topological polar surface area (TPSA) is 214 Å². The summed E-state index contributed by atoms with van der Waals surface area (Å²) >= 11 is 0. The lowest BCUT2D eigenvalue weighted by atomic mass is 9.98. The minimum absolute atomic E-state index is 0.0613. The van der Waals surface area contributed by atoms with Gasteiger partial charge in [0.1, 0.15) is 54.9 Å². The van der Waals surface area contributed by atoms with Gasteiger partial charge in [-0.3, -0.25) is 4.79 Å². The van der Waals surface area contributed by atoms with Crippen LogP contribution in [-0.4, -0.2) is 142 Å². The second-order valence-corrected chi connectivity index (χ2v) is 15.9. The van der Waals surface area contributed by atoms with Crippen LogP contribution in [0.15, 0.2) is 12.2 Å². The van der Waals surface area contributed by atoms with Gasteiger partial charge in [-0.1, -0.05) is 122 Å². The summed E-state index contributed by atoms with van der Waals surface area (Å²) in [7, 11) is 0. The predicted molar refractivity (Wildman–Crippen MR) is 215 cm³/mol. The van der Waals surface area contributed by atoms with Crippen molar-refractivity contribution < 1.29 is 69.0 Å². The first-order chi connectivity index (χ1) is 27.6. The lowest BCUT2D eigenvalue weighted by molar-refractivity contribution is -0.332. The molecular formula is C43H80O14. The van der Waals surface area contributed by atoms with Gasteiger partial charge in [-0.15, -0.1) is 0 Å². The lowest BCUT2D eigenvalue weighted by Crippen LogP contribution is -2.61. The molecule has 2 heterocycles. The molecule has 14 nitrogen and oxygen atoms in total. The molecule has 2 aliphatic rings. The number of aliphatic hydroxyl groups is 7. The summed E-state index contributed by atoms with van der Waals surface area (Å²) in [5, 5.41) is 71.7. The minimum Gasteiger partial charge on any atom is -0.457 e. The number of allylic oxidation sites excluding steroid dienone is 2. The fourth-order valence-electron chi connectivity index (χ4n) is 7.04. The molecule has 57 heavy (non-hydrogen) atoms. The molecule has 0 amide bonds. The van der Waals surface area contributed by atoms with Crippen molar-refractivity contribution in [3.8, 4) is 0 Å². The Balaban J connectivity index is 1.80. The molecule has 336 valence electrons. The fraction of sp³-hybridized carbons (Fsp3) is 0.930. The van der Waals surface area contributed by atoms with Crippen molar-refractivity contribution in [1.82, 2.24) is 0 Å². The highest BCUT2D eigenvalue weighted by Gasteiger charge is 2.47. The Morgan fingerprint density at radius 2 is 1.04 bits per heavy atom. The standard InChI is InChI=1S/C43H80O14/c1-3-5-7-9-11-13-14-15-16-17-18-19-21-23-25-27-52-29-32(55-35(45)26-24-22-20-12-10-8-6-4-2)30-53-42-41(51)39(49)37(47)34(57-42)31-54-43-40(50)38(48)36(46)33(28-44)56-43/h14-15,32-34,36-44,46-51H,3-13,16-31H2,1-2H3/b15-14-. The van der Waals surface area contributed by atoms with Crippen LogP contribution in [0.3, 0.4) is 0 Å². The largest absolute Gasteiger partial charge is 0.457 e. The summed E-state index contributed by atoms with van der Waals surface area (Å²) in [6, 6.07) is 0. The molecule has 7 N–H and O–H groups in total. The first-order valence-electron chi connectivity index (χ1n) is 22.3. The molecule has 0 bridgehead atoms. The van der Waals surface area contributed by atoms with Gasteiger partial charge in [0.05, 0.1) is 26.4 Å². The quantitative estimate of drug-likeness (QED) is 0.0266. The number of rotatable bonds is 34. The summed E-state index contributed by atoms with van der Waals surface area (Å²) in [5.74, 6) is -0.383.